The number of nitrogens with zero attached hydrogens (tertiary/aromatic N) is 4. The van der Waals surface area contributed by atoms with Crippen molar-refractivity contribution >= 4 is 0 Å². The summed E-state index contributed by atoms with van der Waals surface area (Å²) in [5.74, 6) is 1.65. The van der Waals surface area contributed by atoms with E-state index >= 15 is 0 Å². The fourth-order valence-corrected chi connectivity index (χ4v) is 2.38. The van der Waals surface area contributed by atoms with Crippen molar-refractivity contribution in [1.82, 2.24) is 25.0 Å². The fraction of sp³-hybridized carbons (Fsp3) is 0.857. The summed E-state index contributed by atoms with van der Waals surface area (Å²) < 4.78 is 2.01. The Morgan fingerprint density at radius 3 is 2.89 bits per heavy atom. The van der Waals surface area contributed by atoms with Gasteiger partial charge in [0, 0.05) is 25.7 Å². The molecule has 1 aliphatic carbocycles. The van der Waals surface area contributed by atoms with Crippen LogP contribution in [0, 0.1) is 5.92 Å². The van der Waals surface area contributed by atoms with Crippen molar-refractivity contribution in [1.29, 1.82) is 0 Å². The van der Waals surface area contributed by atoms with Gasteiger partial charge in [-0.3, -0.25) is 4.90 Å². The molecule has 0 aliphatic heterocycles. The standard InChI is InChI=1S/C14H27N5/c1-4-18(13-5-6-13)8-7-15-9-14-16-11-17-19(14)10-12(2)3/h11-13,15H,4-10H2,1-3H3. The predicted molar refractivity (Wildman–Crippen MR) is 76.8 cm³/mol. The third kappa shape index (κ3) is 4.58. The molecular weight excluding hydrogens is 238 g/mol. The molecule has 1 fully saturated rings. The smallest absolute Gasteiger partial charge is 0.140 e. The molecule has 0 amide bonds. The zero-order chi connectivity index (χ0) is 13.7. The molecule has 1 heterocycles. The van der Waals surface area contributed by atoms with Crippen LogP contribution in [0.5, 0.6) is 0 Å². The maximum Gasteiger partial charge on any atom is 0.140 e. The molecule has 1 N–H and O–H groups in total. The van der Waals surface area contributed by atoms with E-state index in [1.165, 1.54) is 12.8 Å². The molecule has 1 saturated carbocycles. The lowest BCUT2D eigenvalue weighted by Crippen LogP contribution is -2.33. The van der Waals surface area contributed by atoms with Crippen molar-refractivity contribution in [3.8, 4) is 0 Å². The quantitative estimate of drug-likeness (QED) is 0.688. The number of likely N-dealkylation sites (N-methyl/N-ethyl adjacent to an activating group) is 1. The Morgan fingerprint density at radius 1 is 1.47 bits per heavy atom. The summed E-state index contributed by atoms with van der Waals surface area (Å²) in [5.41, 5.74) is 0. The minimum atomic E-state index is 0.603. The molecule has 0 radical (unpaired) electrons. The van der Waals surface area contributed by atoms with Crippen molar-refractivity contribution in [2.45, 2.75) is 52.7 Å². The topological polar surface area (TPSA) is 46.0 Å². The third-order valence-electron chi connectivity index (χ3n) is 3.56. The maximum absolute atomic E-state index is 4.33. The van der Waals surface area contributed by atoms with Crippen LogP contribution in [0.1, 0.15) is 39.4 Å². The van der Waals surface area contributed by atoms with Crippen molar-refractivity contribution < 1.29 is 0 Å². The van der Waals surface area contributed by atoms with E-state index in [1.807, 2.05) is 4.68 Å². The van der Waals surface area contributed by atoms with Gasteiger partial charge in [0.15, 0.2) is 0 Å². The van der Waals surface area contributed by atoms with Gasteiger partial charge in [-0.2, -0.15) is 5.10 Å². The SMILES string of the molecule is CCN(CCNCc1ncnn1CC(C)C)C1CC1. The van der Waals surface area contributed by atoms with Gasteiger partial charge in [0.25, 0.3) is 0 Å². The fourth-order valence-electron chi connectivity index (χ4n) is 2.38. The number of nitrogens with one attached hydrogen (secondary N) is 1. The van der Waals surface area contributed by atoms with Gasteiger partial charge in [-0.05, 0) is 25.3 Å². The van der Waals surface area contributed by atoms with Gasteiger partial charge in [-0.1, -0.05) is 20.8 Å². The van der Waals surface area contributed by atoms with Crippen molar-refractivity contribution in [3.05, 3.63) is 12.2 Å². The average Bonchev–Trinajstić information content (AvgIpc) is 3.12. The van der Waals surface area contributed by atoms with E-state index in [0.717, 1.165) is 44.6 Å². The highest BCUT2D eigenvalue weighted by Crippen LogP contribution is 2.25. The molecule has 0 aromatic carbocycles. The van der Waals surface area contributed by atoms with Crippen LogP contribution in [0.3, 0.4) is 0 Å². The second kappa shape index (κ2) is 7.01. The van der Waals surface area contributed by atoms with E-state index in [2.05, 4.69) is 41.1 Å². The van der Waals surface area contributed by atoms with Crippen molar-refractivity contribution in [2.24, 2.45) is 5.92 Å². The van der Waals surface area contributed by atoms with E-state index in [-0.39, 0.29) is 0 Å². The molecule has 1 aliphatic rings. The van der Waals surface area contributed by atoms with E-state index in [1.54, 1.807) is 6.33 Å². The summed E-state index contributed by atoms with van der Waals surface area (Å²) in [4.78, 5) is 6.89. The first-order valence-electron chi connectivity index (χ1n) is 7.52. The highest BCUT2D eigenvalue weighted by atomic mass is 15.3. The van der Waals surface area contributed by atoms with Gasteiger partial charge in [-0.25, -0.2) is 9.67 Å². The average molecular weight is 265 g/mol. The van der Waals surface area contributed by atoms with E-state index in [4.69, 9.17) is 0 Å². The Bertz CT molecular complexity index is 370. The lowest BCUT2D eigenvalue weighted by molar-refractivity contribution is 0.276. The van der Waals surface area contributed by atoms with Crippen LogP contribution in [0.4, 0.5) is 0 Å². The van der Waals surface area contributed by atoms with E-state index < -0.39 is 0 Å². The van der Waals surface area contributed by atoms with Crippen LogP contribution in [0.15, 0.2) is 6.33 Å². The molecule has 19 heavy (non-hydrogen) atoms. The van der Waals surface area contributed by atoms with Crippen molar-refractivity contribution in [2.75, 3.05) is 19.6 Å². The molecule has 5 heteroatoms. The molecule has 1 aromatic rings. The minimum absolute atomic E-state index is 0.603. The second-order valence-corrected chi connectivity index (χ2v) is 5.79. The predicted octanol–water partition coefficient (Wildman–Crippen LogP) is 1.51. The van der Waals surface area contributed by atoms with Gasteiger partial charge >= 0.3 is 0 Å². The Labute approximate surface area is 116 Å². The Kier molecular flexibility index (Phi) is 5.34. The molecule has 0 atom stereocenters. The van der Waals surface area contributed by atoms with E-state index in [0.29, 0.717) is 5.92 Å². The van der Waals surface area contributed by atoms with Crippen LogP contribution in [0.25, 0.3) is 0 Å². The van der Waals surface area contributed by atoms with Gasteiger partial charge in [-0.15, -0.1) is 0 Å². The zero-order valence-electron chi connectivity index (χ0n) is 12.5. The van der Waals surface area contributed by atoms with Crippen LogP contribution in [0.2, 0.25) is 0 Å². The number of hydrogen-bond donors (Lipinski definition) is 1. The Hall–Kier alpha value is -0.940. The molecule has 5 nitrogen and oxygen atoms in total. The molecule has 0 spiro atoms. The Morgan fingerprint density at radius 2 is 2.26 bits per heavy atom. The van der Waals surface area contributed by atoms with Crippen LogP contribution >= 0.6 is 0 Å². The normalized spacial score (nSPS) is 15.6. The van der Waals surface area contributed by atoms with Gasteiger partial charge in [0.1, 0.15) is 12.2 Å². The van der Waals surface area contributed by atoms with Gasteiger partial charge < -0.3 is 5.32 Å². The second-order valence-electron chi connectivity index (χ2n) is 5.79. The first-order chi connectivity index (χ1) is 9.20. The summed E-state index contributed by atoms with van der Waals surface area (Å²) in [7, 11) is 0. The molecule has 0 unspecified atom stereocenters. The number of rotatable bonds is 9. The van der Waals surface area contributed by atoms with Crippen LogP contribution in [-0.4, -0.2) is 45.3 Å². The summed E-state index contributed by atoms with van der Waals surface area (Å²) in [5, 5.41) is 7.76. The number of aromatic nitrogens is 3. The van der Waals surface area contributed by atoms with Crippen molar-refractivity contribution in [3.63, 3.8) is 0 Å². The minimum Gasteiger partial charge on any atom is -0.309 e. The molecule has 108 valence electrons. The largest absolute Gasteiger partial charge is 0.309 e. The summed E-state index contributed by atoms with van der Waals surface area (Å²) in [6.45, 7) is 11.7. The van der Waals surface area contributed by atoms with Crippen LogP contribution in [-0.2, 0) is 13.1 Å². The maximum atomic E-state index is 4.33. The first-order valence-corrected chi connectivity index (χ1v) is 7.52. The van der Waals surface area contributed by atoms with E-state index in [9.17, 15) is 0 Å². The lowest BCUT2D eigenvalue weighted by Gasteiger charge is -2.19. The lowest BCUT2D eigenvalue weighted by atomic mass is 10.2. The highest BCUT2D eigenvalue weighted by Gasteiger charge is 2.26. The number of hydrogen-bond acceptors (Lipinski definition) is 4. The highest BCUT2D eigenvalue weighted by molar-refractivity contribution is 4.86. The summed E-state index contributed by atoms with van der Waals surface area (Å²) in [6.07, 6.45) is 4.43. The van der Waals surface area contributed by atoms with Crippen LogP contribution < -0.4 is 5.32 Å². The molecular formula is C14H27N5. The summed E-state index contributed by atoms with van der Waals surface area (Å²) in [6, 6.07) is 0.858. The molecule has 0 saturated heterocycles. The third-order valence-corrected chi connectivity index (χ3v) is 3.56. The molecule has 1 aromatic heterocycles. The summed E-state index contributed by atoms with van der Waals surface area (Å²) >= 11 is 0. The molecule has 0 bridgehead atoms. The monoisotopic (exact) mass is 265 g/mol. The Balaban J connectivity index is 1.68. The first kappa shape index (κ1) is 14.5. The molecule has 2 rings (SSSR count). The van der Waals surface area contributed by atoms with Gasteiger partial charge in [0.2, 0.25) is 0 Å². The van der Waals surface area contributed by atoms with Gasteiger partial charge in [0.05, 0.1) is 6.54 Å². The zero-order valence-corrected chi connectivity index (χ0v) is 12.5.